The van der Waals surface area contributed by atoms with Gasteiger partial charge in [0.05, 0.1) is 11.8 Å². The summed E-state index contributed by atoms with van der Waals surface area (Å²) in [6, 6.07) is 10.1. The van der Waals surface area contributed by atoms with E-state index >= 15 is 0 Å². The van der Waals surface area contributed by atoms with Gasteiger partial charge in [0.25, 0.3) is 0 Å². The van der Waals surface area contributed by atoms with Crippen molar-refractivity contribution in [3.05, 3.63) is 74.3 Å². The zero-order valence-electron chi connectivity index (χ0n) is 17.8. The van der Waals surface area contributed by atoms with Crippen molar-refractivity contribution >= 4 is 0 Å². The number of hydrogen-bond donors (Lipinski definition) is 3. The van der Waals surface area contributed by atoms with Crippen LogP contribution in [0.5, 0.6) is 17.4 Å². The third-order valence-corrected chi connectivity index (χ3v) is 6.22. The SMILES string of the molecule is Cc1c(C)c2c(c(C)c1OCc1ccccc1)CC(Cc1[nH]c(=O)[nH]c1O)C(C)O2. The maximum absolute atomic E-state index is 11.5. The zero-order valence-corrected chi connectivity index (χ0v) is 17.8. The Bertz CT molecular complexity index is 1110. The normalized spacial score (nSPS) is 18.0. The molecule has 3 N–H and O–H groups in total. The van der Waals surface area contributed by atoms with E-state index in [9.17, 15) is 9.90 Å². The van der Waals surface area contributed by atoms with Gasteiger partial charge in [-0.25, -0.2) is 4.79 Å². The number of hydrogen-bond acceptors (Lipinski definition) is 4. The number of aromatic hydroxyl groups is 1. The molecule has 0 radical (unpaired) electrons. The van der Waals surface area contributed by atoms with Gasteiger partial charge < -0.3 is 19.6 Å². The lowest BCUT2D eigenvalue weighted by molar-refractivity contribution is 0.126. The summed E-state index contributed by atoms with van der Waals surface area (Å²) in [6.07, 6.45) is 1.28. The fourth-order valence-corrected chi connectivity index (χ4v) is 4.28. The van der Waals surface area contributed by atoms with Gasteiger partial charge in [-0.15, -0.1) is 0 Å². The summed E-state index contributed by atoms with van der Waals surface area (Å²) in [5.41, 5.74) is 5.68. The van der Waals surface area contributed by atoms with Gasteiger partial charge >= 0.3 is 5.69 Å². The molecule has 2 unspecified atom stereocenters. The summed E-state index contributed by atoms with van der Waals surface area (Å²) in [5.74, 6) is 1.87. The van der Waals surface area contributed by atoms with Crippen molar-refractivity contribution in [2.24, 2.45) is 5.92 Å². The van der Waals surface area contributed by atoms with Gasteiger partial charge in [-0.05, 0) is 62.8 Å². The molecule has 4 rings (SSSR count). The lowest BCUT2D eigenvalue weighted by Crippen LogP contribution is -2.33. The first-order valence-electron chi connectivity index (χ1n) is 10.3. The summed E-state index contributed by atoms with van der Waals surface area (Å²) in [7, 11) is 0. The van der Waals surface area contributed by atoms with E-state index in [4.69, 9.17) is 9.47 Å². The highest BCUT2D eigenvalue weighted by Crippen LogP contribution is 2.43. The van der Waals surface area contributed by atoms with Crippen LogP contribution in [-0.4, -0.2) is 21.2 Å². The molecule has 2 aromatic carbocycles. The maximum atomic E-state index is 11.5. The standard InChI is InChI=1S/C24H28N2O4/c1-13-14(2)22-19(15(3)21(13)29-12-17-8-6-5-7-9-17)10-18(16(4)30-22)11-20-23(27)26-24(28)25-20/h5-9,16,18,27H,10-12H2,1-4H3,(H2,25,26,28). The molecule has 0 aliphatic carbocycles. The molecule has 1 aliphatic rings. The summed E-state index contributed by atoms with van der Waals surface area (Å²) in [5, 5.41) is 9.95. The average Bonchev–Trinajstić information content (AvgIpc) is 3.05. The number of ether oxygens (including phenoxy) is 2. The van der Waals surface area contributed by atoms with Gasteiger partial charge in [-0.3, -0.25) is 4.98 Å². The number of H-pyrrole nitrogens is 2. The Labute approximate surface area is 175 Å². The van der Waals surface area contributed by atoms with E-state index in [2.05, 4.69) is 42.9 Å². The fourth-order valence-electron chi connectivity index (χ4n) is 4.28. The molecule has 1 aliphatic heterocycles. The minimum Gasteiger partial charge on any atom is -0.493 e. The average molecular weight is 408 g/mol. The molecule has 3 aromatic rings. The second-order valence-electron chi connectivity index (χ2n) is 8.18. The molecule has 6 heteroatoms. The van der Waals surface area contributed by atoms with Crippen molar-refractivity contribution in [1.82, 2.24) is 9.97 Å². The molecule has 0 fully saturated rings. The Balaban J connectivity index is 1.64. The van der Waals surface area contributed by atoms with Crippen molar-refractivity contribution in [3.8, 4) is 17.4 Å². The number of aromatic nitrogens is 2. The van der Waals surface area contributed by atoms with Crippen LogP contribution in [0, 0.1) is 26.7 Å². The van der Waals surface area contributed by atoms with E-state index < -0.39 is 5.69 Å². The van der Waals surface area contributed by atoms with E-state index in [1.807, 2.05) is 25.1 Å². The summed E-state index contributed by atoms with van der Waals surface area (Å²) >= 11 is 0. The molecule has 1 aromatic heterocycles. The predicted molar refractivity (Wildman–Crippen MR) is 115 cm³/mol. The van der Waals surface area contributed by atoms with Crippen molar-refractivity contribution in [3.63, 3.8) is 0 Å². The van der Waals surface area contributed by atoms with Gasteiger partial charge in [-0.1, -0.05) is 30.3 Å². The van der Waals surface area contributed by atoms with Gasteiger partial charge in [0, 0.05) is 11.5 Å². The predicted octanol–water partition coefficient (Wildman–Crippen LogP) is 4.10. The lowest BCUT2D eigenvalue weighted by Gasteiger charge is -2.34. The molecule has 2 heterocycles. The molecular formula is C24H28N2O4. The molecular weight excluding hydrogens is 380 g/mol. The number of imidazole rings is 1. The first-order valence-corrected chi connectivity index (χ1v) is 10.3. The van der Waals surface area contributed by atoms with Gasteiger partial charge in [0.1, 0.15) is 18.1 Å². The summed E-state index contributed by atoms with van der Waals surface area (Å²) in [6.45, 7) is 8.79. The Morgan fingerprint density at radius 2 is 1.83 bits per heavy atom. The fraction of sp³-hybridized carbons (Fsp3) is 0.375. The van der Waals surface area contributed by atoms with Crippen LogP contribution >= 0.6 is 0 Å². The molecule has 0 saturated heterocycles. The molecule has 0 spiro atoms. The van der Waals surface area contributed by atoms with E-state index in [0.29, 0.717) is 18.7 Å². The Kier molecular flexibility index (Phi) is 5.33. The summed E-state index contributed by atoms with van der Waals surface area (Å²) < 4.78 is 12.6. The van der Waals surface area contributed by atoms with E-state index in [1.54, 1.807) is 0 Å². The topological polar surface area (TPSA) is 87.3 Å². The second-order valence-corrected chi connectivity index (χ2v) is 8.18. The highest BCUT2D eigenvalue weighted by molar-refractivity contribution is 5.59. The van der Waals surface area contributed by atoms with Crippen LogP contribution in [0.15, 0.2) is 35.1 Å². The van der Waals surface area contributed by atoms with E-state index in [0.717, 1.165) is 45.7 Å². The van der Waals surface area contributed by atoms with Gasteiger partial charge in [-0.2, -0.15) is 0 Å². The van der Waals surface area contributed by atoms with Crippen LogP contribution in [-0.2, 0) is 19.4 Å². The Morgan fingerprint density at radius 1 is 1.10 bits per heavy atom. The minimum absolute atomic E-state index is 0.0381. The monoisotopic (exact) mass is 408 g/mol. The van der Waals surface area contributed by atoms with Crippen molar-refractivity contribution in [1.29, 1.82) is 0 Å². The number of nitrogens with one attached hydrogen (secondary N) is 2. The molecule has 0 saturated carbocycles. The third-order valence-electron chi connectivity index (χ3n) is 6.22. The minimum atomic E-state index is -0.397. The molecule has 2 atom stereocenters. The first-order chi connectivity index (χ1) is 14.3. The zero-order chi connectivity index (χ0) is 21.4. The lowest BCUT2D eigenvalue weighted by atomic mass is 9.83. The number of rotatable bonds is 5. The first kappa shape index (κ1) is 20.1. The second kappa shape index (κ2) is 7.94. The number of fused-ring (bicyclic) bond motifs is 1. The van der Waals surface area contributed by atoms with Gasteiger partial charge in [0.2, 0.25) is 5.88 Å². The molecule has 158 valence electrons. The van der Waals surface area contributed by atoms with Crippen molar-refractivity contribution in [2.75, 3.05) is 0 Å². The number of benzene rings is 2. The molecule has 0 bridgehead atoms. The van der Waals surface area contributed by atoms with Crippen LogP contribution in [0.1, 0.15) is 40.4 Å². The van der Waals surface area contributed by atoms with Crippen LogP contribution < -0.4 is 15.2 Å². The van der Waals surface area contributed by atoms with Crippen molar-refractivity contribution < 1.29 is 14.6 Å². The number of aromatic amines is 2. The molecule has 6 nitrogen and oxygen atoms in total. The quantitative estimate of drug-likeness (QED) is 0.593. The highest BCUT2D eigenvalue weighted by Gasteiger charge is 2.32. The molecule has 0 amide bonds. The van der Waals surface area contributed by atoms with Crippen LogP contribution in [0.3, 0.4) is 0 Å². The Hall–Kier alpha value is -3.15. The summed E-state index contributed by atoms with van der Waals surface area (Å²) in [4.78, 5) is 16.5. The van der Waals surface area contributed by atoms with E-state index in [-0.39, 0.29) is 17.9 Å². The van der Waals surface area contributed by atoms with E-state index in [1.165, 1.54) is 0 Å². The maximum Gasteiger partial charge on any atom is 0.325 e. The van der Waals surface area contributed by atoms with Crippen LogP contribution in [0.4, 0.5) is 0 Å². The highest BCUT2D eigenvalue weighted by atomic mass is 16.5. The van der Waals surface area contributed by atoms with Crippen LogP contribution in [0.2, 0.25) is 0 Å². The molecule has 30 heavy (non-hydrogen) atoms. The van der Waals surface area contributed by atoms with Crippen LogP contribution in [0.25, 0.3) is 0 Å². The largest absolute Gasteiger partial charge is 0.493 e. The van der Waals surface area contributed by atoms with Crippen molar-refractivity contribution in [2.45, 2.75) is 53.2 Å². The Morgan fingerprint density at radius 3 is 2.50 bits per heavy atom. The smallest absolute Gasteiger partial charge is 0.325 e. The van der Waals surface area contributed by atoms with Gasteiger partial charge in [0.15, 0.2) is 0 Å². The third kappa shape index (κ3) is 3.70.